The second-order valence-corrected chi connectivity index (χ2v) is 8.25. The Bertz CT molecular complexity index is 1230. The highest BCUT2D eigenvalue weighted by Gasteiger charge is 2.42. The number of nitrogens with one attached hydrogen (secondary N) is 1. The number of esters is 1. The molecule has 7 heteroatoms. The standard InChI is InChI=1S/C26H28N2O5/c1-4-27(5-2)15-8-16-28-22(17-11-13-18(14-12-17)26(31)32-3)21-23(29)19-9-6-7-10-20(19)33-24(21)25(28)30/h6-7,9-14,22H,4-5,8,15-16H2,1-3H3/p+1/t22-/m1/s1. The van der Waals surface area contributed by atoms with Crippen molar-refractivity contribution in [2.24, 2.45) is 0 Å². The number of carbonyl (C=O) groups excluding carboxylic acids is 2. The van der Waals surface area contributed by atoms with Gasteiger partial charge in [-0.25, -0.2) is 4.79 Å². The first-order valence-corrected chi connectivity index (χ1v) is 11.4. The number of quaternary nitrogens is 1. The van der Waals surface area contributed by atoms with Gasteiger partial charge in [-0.1, -0.05) is 24.3 Å². The number of carbonyl (C=O) groups is 2. The van der Waals surface area contributed by atoms with E-state index >= 15 is 0 Å². The van der Waals surface area contributed by atoms with Gasteiger partial charge < -0.3 is 19.0 Å². The van der Waals surface area contributed by atoms with Crippen molar-refractivity contribution in [3.05, 3.63) is 81.2 Å². The van der Waals surface area contributed by atoms with Crippen LogP contribution < -0.4 is 10.3 Å². The van der Waals surface area contributed by atoms with E-state index in [0.717, 1.165) is 31.6 Å². The van der Waals surface area contributed by atoms with Crippen molar-refractivity contribution in [1.82, 2.24) is 4.90 Å². The molecule has 2 heterocycles. The summed E-state index contributed by atoms with van der Waals surface area (Å²) in [4.78, 5) is 42.0. The molecule has 1 aliphatic heterocycles. The number of fused-ring (bicyclic) bond motifs is 2. The van der Waals surface area contributed by atoms with Crippen molar-refractivity contribution >= 4 is 22.8 Å². The van der Waals surface area contributed by atoms with Gasteiger partial charge in [-0.2, -0.15) is 0 Å². The number of para-hydroxylation sites is 1. The molecule has 4 rings (SSSR count). The minimum absolute atomic E-state index is 0.107. The van der Waals surface area contributed by atoms with Gasteiger partial charge in [-0.15, -0.1) is 0 Å². The lowest BCUT2D eigenvalue weighted by Gasteiger charge is -2.26. The molecule has 2 aromatic carbocycles. The molecule has 33 heavy (non-hydrogen) atoms. The maximum Gasteiger partial charge on any atom is 0.337 e. The van der Waals surface area contributed by atoms with Gasteiger partial charge in [0.05, 0.1) is 49.3 Å². The first kappa shape index (κ1) is 22.7. The van der Waals surface area contributed by atoms with Gasteiger partial charge >= 0.3 is 5.97 Å². The quantitative estimate of drug-likeness (QED) is 0.535. The smallest absolute Gasteiger partial charge is 0.337 e. The van der Waals surface area contributed by atoms with Gasteiger partial charge in [0.1, 0.15) is 5.58 Å². The minimum Gasteiger partial charge on any atom is -0.465 e. The van der Waals surface area contributed by atoms with Crippen LogP contribution in [0.15, 0.2) is 57.7 Å². The van der Waals surface area contributed by atoms with Gasteiger partial charge in [0.15, 0.2) is 5.43 Å². The molecule has 0 aliphatic carbocycles. The third-order valence-corrected chi connectivity index (χ3v) is 6.45. The van der Waals surface area contributed by atoms with Gasteiger partial charge in [0.2, 0.25) is 5.76 Å². The summed E-state index contributed by atoms with van der Waals surface area (Å²) in [5.74, 6) is -0.602. The topological polar surface area (TPSA) is 81.3 Å². The van der Waals surface area contributed by atoms with Gasteiger partial charge in [0, 0.05) is 13.0 Å². The maximum atomic E-state index is 13.5. The second-order valence-electron chi connectivity index (χ2n) is 8.25. The van der Waals surface area contributed by atoms with Crippen LogP contribution in [0.25, 0.3) is 11.0 Å². The second kappa shape index (κ2) is 9.58. The average molecular weight is 450 g/mol. The highest BCUT2D eigenvalue weighted by molar-refractivity contribution is 5.99. The molecule has 7 nitrogen and oxygen atoms in total. The lowest BCUT2D eigenvalue weighted by molar-refractivity contribution is -0.896. The summed E-state index contributed by atoms with van der Waals surface area (Å²) in [7, 11) is 1.33. The van der Waals surface area contributed by atoms with Gasteiger partial charge in [-0.3, -0.25) is 9.59 Å². The molecule has 1 aromatic heterocycles. The zero-order valence-electron chi connectivity index (χ0n) is 19.2. The molecular weight excluding hydrogens is 420 g/mol. The first-order valence-electron chi connectivity index (χ1n) is 11.4. The molecule has 0 bridgehead atoms. The summed E-state index contributed by atoms with van der Waals surface area (Å²) < 4.78 is 10.7. The number of hydrogen-bond donors (Lipinski definition) is 1. The van der Waals surface area contributed by atoms with Crippen LogP contribution >= 0.6 is 0 Å². The first-order chi connectivity index (χ1) is 16.0. The molecule has 0 radical (unpaired) electrons. The van der Waals surface area contributed by atoms with Crippen molar-refractivity contribution < 1.29 is 23.6 Å². The van der Waals surface area contributed by atoms with E-state index in [2.05, 4.69) is 13.8 Å². The van der Waals surface area contributed by atoms with E-state index in [1.54, 1.807) is 53.4 Å². The van der Waals surface area contributed by atoms with Crippen molar-refractivity contribution in [2.75, 3.05) is 33.3 Å². The molecule has 0 spiro atoms. The monoisotopic (exact) mass is 449 g/mol. The highest BCUT2D eigenvalue weighted by Crippen LogP contribution is 2.38. The van der Waals surface area contributed by atoms with Crippen LogP contribution in [0, 0.1) is 0 Å². The van der Waals surface area contributed by atoms with Crippen LogP contribution in [0.5, 0.6) is 0 Å². The number of benzene rings is 2. The predicted molar refractivity (Wildman–Crippen MR) is 125 cm³/mol. The molecule has 0 fully saturated rings. The van der Waals surface area contributed by atoms with Crippen LogP contribution in [0.3, 0.4) is 0 Å². The van der Waals surface area contributed by atoms with E-state index < -0.39 is 12.0 Å². The zero-order valence-corrected chi connectivity index (χ0v) is 19.2. The highest BCUT2D eigenvalue weighted by atomic mass is 16.5. The van der Waals surface area contributed by atoms with E-state index in [-0.39, 0.29) is 17.1 Å². The van der Waals surface area contributed by atoms with Crippen molar-refractivity contribution in [2.45, 2.75) is 26.3 Å². The summed E-state index contributed by atoms with van der Waals surface area (Å²) in [6.07, 6.45) is 0.807. The minimum atomic E-state index is -0.563. The number of nitrogens with zero attached hydrogens (tertiary/aromatic N) is 1. The Morgan fingerprint density at radius 2 is 1.76 bits per heavy atom. The molecule has 172 valence electrons. The van der Waals surface area contributed by atoms with E-state index in [1.165, 1.54) is 12.0 Å². The van der Waals surface area contributed by atoms with E-state index in [0.29, 0.717) is 28.6 Å². The molecule has 0 unspecified atom stereocenters. The van der Waals surface area contributed by atoms with Crippen LogP contribution in [0.1, 0.15) is 58.3 Å². The van der Waals surface area contributed by atoms with Crippen molar-refractivity contribution in [1.29, 1.82) is 0 Å². The van der Waals surface area contributed by atoms with Gasteiger partial charge in [0.25, 0.3) is 5.91 Å². The number of hydrogen-bond acceptors (Lipinski definition) is 5. The Hall–Kier alpha value is -3.45. The SMILES string of the molecule is CC[NH+](CC)CCCN1C(=O)c2oc3ccccc3c(=O)c2[C@H]1c1ccc(C(=O)OC)cc1. The molecule has 3 aromatic rings. The zero-order chi connectivity index (χ0) is 23.5. The number of rotatable bonds is 8. The van der Waals surface area contributed by atoms with E-state index in [9.17, 15) is 14.4 Å². The van der Waals surface area contributed by atoms with Crippen molar-refractivity contribution in [3.63, 3.8) is 0 Å². The largest absolute Gasteiger partial charge is 0.465 e. The summed E-state index contributed by atoms with van der Waals surface area (Å²) in [6.45, 7) is 7.78. The molecular formula is C26H29N2O5+. The Balaban J connectivity index is 1.77. The Morgan fingerprint density at radius 1 is 1.06 bits per heavy atom. The lowest BCUT2D eigenvalue weighted by Crippen LogP contribution is -3.11. The molecule has 1 atom stereocenters. The molecule has 1 amide bonds. The average Bonchev–Trinajstić information content (AvgIpc) is 3.13. The fraction of sp³-hybridized carbons (Fsp3) is 0.346. The Labute approximate surface area is 192 Å². The third-order valence-electron chi connectivity index (χ3n) is 6.45. The fourth-order valence-corrected chi connectivity index (χ4v) is 4.57. The summed E-state index contributed by atoms with van der Waals surface area (Å²) in [6, 6.07) is 13.3. The third kappa shape index (κ3) is 4.16. The number of amides is 1. The van der Waals surface area contributed by atoms with Crippen LogP contribution in [0.4, 0.5) is 0 Å². The summed E-state index contributed by atoms with van der Waals surface area (Å²) in [5, 5.41) is 0.453. The van der Waals surface area contributed by atoms with E-state index in [4.69, 9.17) is 9.15 Å². The van der Waals surface area contributed by atoms with Crippen LogP contribution in [0.2, 0.25) is 0 Å². The Kier molecular flexibility index (Phi) is 6.60. The Morgan fingerprint density at radius 3 is 2.42 bits per heavy atom. The maximum absolute atomic E-state index is 13.5. The normalized spacial score (nSPS) is 15.3. The summed E-state index contributed by atoms with van der Waals surface area (Å²) >= 11 is 0. The van der Waals surface area contributed by atoms with E-state index in [1.807, 2.05) is 0 Å². The molecule has 1 N–H and O–H groups in total. The molecule has 0 saturated heterocycles. The molecule has 0 saturated carbocycles. The van der Waals surface area contributed by atoms with Crippen LogP contribution in [-0.2, 0) is 4.74 Å². The predicted octanol–water partition coefficient (Wildman–Crippen LogP) is 2.44. The fourth-order valence-electron chi connectivity index (χ4n) is 4.57. The van der Waals surface area contributed by atoms with Gasteiger partial charge in [-0.05, 0) is 43.7 Å². The molecule has 1 aliphatic rings. The lowest BCUT2D eigenvalue weighted by atomic mass is 9.97. The number of ether oxygens (including phenoxy) is 1. The van der Waals surface area contributed by atoms with Crippen LogP contribution in [-0.4, -0.2) is 50.1 Å². The summed E-state index contributed by atoms with van der Waals surface area (Å²) in [5.41, 5.74) is 1.74. The van der Waals surface area contributed by atoms with Crippen molar-refractivity contribution in [3.8, 4) is 0 Å². The number of methoxy groups -OCH3 is 1.